The van der Waals surface area contributed by atoms with Crippen LogP contribution in [0.4, 0.5) is 0 Å². The summed E-state index contributed by atoms with van der Waals surface area (Å²) in [4.78, 5) is 12.5. The monoisotopic (exact) mass is 482 g/mol. The first kappa shape index (κ1) is 25.0. The van der Waals surface area contributed by atoms with E-state index in [-0.39, 0.29) is 36.2 Å². The molecule has 0 N–H and O–H groups in total. The third kappa shape index (κ3) is 6.68. The molecule has 0 aromatic heterocycles. The van der Waals surface area contributed by atoms with Crippen molar-refractivity contribution in [1.29, 1.82) is 0 Å². The largest absolute Gasteiger partial charge is 0.497 e. The molecule has 0 atom stereocenters. The number of methoxy groups -OCH3 is 2. The summed E-state index contributed by atoms with van der Waals surface area (Å²) in [5.74, 6) is 1.65. The molecule has 3 rings (SSSR count). The van der Waals surface area contributed by atoms with Gasteiger partial charge in [-0.1, -0.05) is 41.9 Å². The van der Waals surface area contributed by atoms with E-state index in [1.54, 1.807) is 32.4 Å². The fourth-order valence-corrected chi connectivity index (χ4v) is 3.30. The van der Waals surface area contributed by atoms with Gasteiger partial charge in [0.15, 0.2) is 11.5 Å². The van der Waals surface area contributed by atoms with Crippen LogP contribution in [0.2, 0.25) is 5.02 Å². The van der Waals surface area contributed by atoms with Crippen LogP contribution in [0.15, 0.2) is 73.3 Å². The highest BCUT2D eigenvalue weighted by Crippen LogP contribution is 2.39. The lowest BCUT2D eigenvalue weighted by atomic mass is 10.2. The van der Waals surface area contributed by atoms with E-state index < -0.39 is 5.97 Å². The third-order valence-electron chi connectivity index (χ3n) is 4.93. The summed E-state index contributed by atoms with van der Waals surface area (Å²) in [6.45, 7) is 4.34. The maximum Gasteiger partial charge on any atom is 0.339 e. The van der Waals surface area contributed by atoms with E-state index in [4.69, 9.17) is 35.3 Å². The van der Waals surface area contributed by atoms with Gasteiger partial charge < -0.3 is 23.7 Å². The number of carbonyl (C=O) groups is 1. The number of hydrogen-bond acceptors (Lipinski definition) is 6. The quantitative estimate of drug-likeness (QED) is 0.173. The number of ether oxygens (including phenoxy) is 5. The summed E-state index contributed by atoms with van der Waals surface area (Å²) < 4.78 is 27.7. The van der Waals surface area contributed by atoms with E-state index in [1.807, 2.05) is 48.5 Å². The lowest BCUT2D eigenvalue weighted by molar-refractivity contribution is 0.0511. The van der Waals surface area contributed by atoms with Crippen LogP contribution in [-0.4, -0.2) is 26.8 Å². The minimum atomic E-state index is -0.539. The third-order valence-corrected chi connectivity index (χ3v) is 5.31. The highest BCUT2D eigenvalue weighted by molar-refractivity contribution is 6.35. The van der Waals surface area contributed by atoms with Crippen LogP contribution in [0.5, 0.6) is 23.0 Å². The molecule has 3 aromatic rings. The molecule has 0 unspecified atom stereocenters. The Balaban J connectivity index is 1.82. The number of halogens is 1. The van der Waals surface area contributed by atoms with E-state index in [1.165, 1.54) is 0 Å². The van der Waals surface area contributed by atoms with E-state index in [0.29, 0.717) is 12.2 Å². The minimum absolute atomic E-state index is 0.129. The van der Waals surface area contributed by atoms with Crippen molar-refractivity contribution < 1.29 is 28.5 Å². The van der Waals surface area contributed by atoms with Gasteiger partial charge in [0, 0.05) is 0 Å². The van der Waals surface area contributed by atoms with Gasteiger partial charge in [-0.15, -0.1) is 6.58 Å². The van der Waals surface area contributed by atoms with Crippen molar-refractivity contribution in [2.75, 3.05) is 20.8 Å². The molecule has 6 nitrogen and oxygen atoms in total. The van der Waals surface area contributed by atoms with Crippen molar-refractivity contribution in [1.82, 2.24) is 0 Å². The van der Waals surface area contributed by atoms with E-state index in [2.05, 4.69) is 6.58 Å². The van der Waals surface area contributed by atoms with Crippen molar-refractivity contribution in [3.63, 3.8) is 0 Å². The molecule has 0 aliphatic carbocycles. The predicted octanol–water partition coefficient (Wildman–Crippen LogP) is 6.25. The molecular weight excluding hydrogens is 456 g/mol. The first-order valence-electron chi connectivity index (χ1n) is 10.7. The number of carbonyl (C=O) groups excluding carboxylic acids is 1. The SMILES string of the molecule is C=CCCOC(=O)c1ccc(OCc2ccc(OC)cc2)c(OCc2ccc(OC)cc2)c1Cl. The second-order valence-electron chi connectivity index (χ2n) is 7.24. The fraction of sp³-hybridized carbons (Fsp3) is 0.222. The molecule has 0 amide bonds. The van der Waals surface area contributed by atoms with Crippen molar-refractivity contribution in [3.05, 3.63) is 95.0 Å². The van der Waals surface area contributed by atoms with Crippen LogP contribution in [0.25, 0.3) is 0 Å². The second-order valence-corrected chi connectivity index (χ2v) is 7.62. The van der Waals surface area contributed by atoms with Crippen LogP contribution in [0.1, 0.15) is 27.9 Å². The molecular formula is C27H27ClO6. The zero-order valence-electron chi connectivity index (χ0n) is 19.2. The normalized spacial score (nSPS) is 10.3. The molecule has 0 aliphatic rings. The van der Waals surface area contributed by atoms with Gasteiger partial charge in [-0.05, 0) is 53.9 Å². The van der Waals surface area contributed by atoms with Gasteiger partial charge in [0.05, 0.1) is 26.4 Å². The molecule has 0 saturated carbocycles. The molecule has 3 aromatic carbocycles. The van der Waals surface area contributed by atoms with Gasteiger partial charge >= 0.3 is 5.97 Å². The van der Waals surface area contributed by atoms with Gasteiger partial charge in [-0.25, -0.2) is 4.79 Å². The molecule has 0 fully saturated rings. The Bertz CT molecular complexity index is 1090. The Morgan fingerprint density at radius 3 is 1.94 bits per heavy atom. The van der Waals surface area contributed by atoms with Crippen LogP contribution in [-0.2, 0) is 18.0 Å². The predicted molar refractivity (Wildman–Crippen MR) is 131 cm³/mol. The van der Waals surface area contributed by atoms with Crippen molar-refractivity contribution in [3.8, 4) is 23.0 Å². The number of rotatable bonds is 12. The molecule has 178 valence electrons. The Labute approximate surface area is 204 Å². The van der Waals surface area contributed by atoms with Gasteiger partial charge in [0.25, 0.3) is 0 Å². The standard InChI is InChI=1S/C27H27ClO6/c1-4-5-16-32-27(29)23-14-15-24(33-17-19-6-10-21(30-2)11-7-19)26(25(23)28)34-18-20-8-12-22(31-3)13-9-20/h4,6-15H,1,5,16-18H2,2-3H3. The van der Waals surface area contributed by atoms with Gasteiger partial charge in [-0.3, -0.25) is 0 Å². The van der Waals surface area contributed by atoms with Crippen molar-refractivity contribution in [2.45, 2.75) is 19.6 Å². The van der Waals surface area contributed by atoms with Crippen LogP contribution in [0, 0.1) is 0 Å². The van der Waals surface area contributed by atoms with E-state index >= 15 is 0 Å². The van der Waals surface area contributed by atoms with E-state index in [9.17, 15) is 4.79 Å². The summed E-state index contributed by atoms with van der Waals surface area (Å²) in [6, 6.07) is 18.2. The maximum absolute atomic E-state index is 12.5. The second kappa shape index (κ2) is 12.6. The lowest BCUT2D eigenvalue weighted by Gasteiger charge is -2.17. The van der Waals surface area contributed by atoms with Crippen LogP contribution >= 0.6 is 11.6 Å². The topological polar surface area (TPSA) is 63.2 Å². The number of hydrogen-bond donors (Lipinski definition) is 0. The molecule has 0 spiro atoms. The molecule has 7 heteroatoms. The first-order valence-corrected chi connectivity index (χ1v) is 11.1. The lowest BCUT2D eigenvalue weighted by Crippen LogP contribution is -2.09. The summed E-state index contributed by atoms with van der Waals surface area (Å²) in [6.07, 6.45) is 2.22. The Morgan fingerprint density at radius 1 is 0.853 bits per heavy atom. The van der Waals surface area contributed by atoms with Gasteiger partial charge in [0.2, 0.25) is 0 Å². The first-order chi connectivity index (χ1) is 16.5. The molecule has 0 saturated heterocycles. The zero-order valence-corrected chi connectivity index (χ0v) is 20.0. The van der Waals surface area contributed by atoms with Crippen molar-refractivity contribution >= 4 is 17.6 Å². The molecule has 0 bridgehead atoms. The fourth-order valence-electron chi connectivity index (χ4n) is 3.02. The average molecular weight is 483 g/mol. The summed E-state index contributed by atoms with van der Waals surface area (Å²) in [5, 5.41) is 0.129. The summed E-state index contributed by atoms with van der Waals surface area (Å²) in [5.41, 5.74) is 2.04. The van der Waals surface area contributed by atoms with Crippen LogP contribution < -0.4 is 18.9 Å². The Kier molecular flexibility index (Phi) is 9.23. The van der Waals surface area contributed by atoms with Gasteiger partial charge in [-0.2, -0.15) is 0 Å². The summed E-state index contributed by atoms with van der Waals surface area (Å²) in [7, 11) is 3.22. The number of esters is 1. The summed E-state index contributed by atoms with van der Waals surface area (Å²) >= 11 is 6.59. The molecule has 0 aliphatic heterocycles. The highest BCUT2D eigenvalue weighted by Gasteiger charge is 2.20. The maximum atomic E-state index is 12.5. The van der Waals surface area contributed by atoms with Crippen LogP contribution in [0.3, 0.4) is 0 Å². The highest BCUT2D eigenvalue weighted by atomic mass is 35.5. The smallest absolute Gasteiger partial charge is 0.339 e. The minimum Gasteiger partial charge on any atom is -0.497 e. The van der Waals surface area contributed by atoms with E-state index in [0.717, 1.165) is 22.6 Å². The van der Waals surface area contributed by atoms with Gasteiger partial charge in [0.1, 0.15) is 29.7 Å². The Morgan fingerprint density at radius 2 is 1.41 bits per heavy atom. The molecule has 34 heavy (non-hydrogen) atoms. The Hall–Kier alpha value is -3.64. The molecule has 0 heterocycles. The number of benzene rings is 3. The zero-order chi connectivity index (χ0) is 24.3. The molecule has 0 radical (unpaired) electrons. The average Bonchev–Trinajstić information content (AvgIpc) is 2.87. The van der Waals surface area contributed by atoms with Crippen molar-refractivity contribution in [2.24, 2.45) is 0 Å².